The molecule has 0 unspecified atom stereocenters. The van der Waals surface area contributed by atoms with Crippen molar-refractivity contribution in [2.45, 2.75) is 13.5 Å². The summed E-state index contributed by atoms with van der Waals surface area (Å²) < 4.78 is 13.5. The number of hydrogen-bond acceptors (Lipinski definition) is 1. The highest BCUT2D eigenvalue weighted by Gasteiger charge is 2.12. The lowest BCUT2D eigenvalue weighted by atomic mass is 10.1. The van der Waals surface area contributed by atoms with Crippen molar-refractivity contribution in [3.63, 3.8) is 0 Å². The summed E-state index contributed by atoms with van der Waals surface area (Å²) in [4.78, 5) is 12.0. The lowest BCUT2D eigenvalue weighted by Crippen LogP contribution is -2.23. The normalized spacial score (nSPS) is 10.3. The van der Waals surface area contributed by atoms with Gasteiger partial charge < -0.3 is 5.32 Å². The van der Waals surface area contributed by atoms with Crippen LogP contribution in [-0.4, -0.2) is 5.91 Å². The standard InChI is InChI=1S/C15H13BrFNO/c1-10-4-2-5-11(8-10)9-18-15(19)12-6-3-7-13(17)14(12)16/h2-8H,9H2,1H3,(H,18,19). The largest absolute Gasteiger partial charge is 0.348 e. The van der Waals surface area contributed by atoms with Gasteiger partial charge in [0.15, 0.2) is 0 Å². The van der Waals surface area contributed by atoms with Crippen LogP contribution in [0.4, 0.5) is 4.39 Å². The van der Waals surface area contributed by atoms with Gasteiger partial charge in [-0.2, -0.15) is 0 Å². The van der Waals surface area contributed by atoms with Crippen LogP contribution in [0.15, 0.2) is 46.9 Å². The molecule has 0 atom stereocenters. The molecule has 19 heavy (non-hydrogen) atoms. The van der Waals surface area contributed by atoms with E-state index in [1.807, 2.05) is 31.2 Å². The van der Waals surface area contributed by atoms with Crippen LogP contribution in [0.5, 0.6) is 0 Å². The Hall–Kier alpha value is -1.68. The van der Waals surface area contributed by atoms with Crippen molar-refractivity contribution in [3.8, 4) is 0 Å². The molecule has 0 aliphatic carbocycles. The SMILES string of the molecule is Cc1cccc(CNC(=O)c2cccc(F)c2Br)c1. The summed E-state index contributed by atoms with van der Waals surface area (Å²) in [6, 6.07) is 12.3. The Bertz CT molecular complexity index is 613. The number of halogens is 2. The first kappa shape index (κ1) is 13.7. The summed E-state index contributed by atoms with van der Waals surface area (Å²) in [5.41, 5.74) is 2.45. The van der Waals surface area contributed by atoms with E-state index in [1.54, 1.807) is 6.07 Å². The molecule has 0 aliphatic rings. The molecule has 2 rings (SSSR count). The summed E-state index contributed by atoms with van der Waals surface area (Å²) >= 11 is 3.08. The fourth-order valence-corrected chi connectivity index (χ4v) is 2.22. The maximum atomic E-state index is 13.3. The third-order valence-corrected chi connectivity index (χ3v) is 3.54. The minimum Gasteiger partial charge on any atom is -0.348 e. The zero-order valence-corrected chi connectivity index (χ0v) is 12.0. The van der Waals surface area contributed by atoms with Gasteiger partial charge in [0.25, 0.3) is 5.91 Å². The van der Waals surface area contributed by atoms with E-state index in [4.69, 9.17) is 0 Å². The summed E-state index contributed by atoms with van der Waals surface area (Å²) in [6.45, 7) is 2.41. The van der Waals surface area contributed by atoms with Crippen molar-refractivity contribution < 1.29 is 9.18 Å². The number of nitrogens with one attached hydrogen (secondary N) is 1. The second-order valence-electron chi connectivity index (χ2n) is 4.27. The molecule has 98 valence electrons. The van der Waals surface area contributed by atoms with Crippen molar-refractivity contribution in [1.82, 2.24) is 5.32 Å². The predicted molar refractivity (Wildman–Crippen MR) is 76.4 cm³/mol. The number of carbonyl (C=O) groups excluding carboxylic acids is 1. The van der Waals surface area contributed by atoms with Crippen LogP contribution in [0.25, 0.3) is 0 Å². The van der Waals surface area contributed by atoms with Gasteiger partial charge in [-0.1, -0.05) is 35.9 Å². The van der Waals surface area contributed by atoms with Crippen molar-refractivity contribution in [2.24, 2.45) is 0 Å². The van der Waals surface area contributed by atoms with Gasteiger partial charge in [-0.15, -0.1) is 0 Å². The highest BCUT2D eigenvalue weighted by molar-refractivity contribution is 9.10. The molecule has 0 fully saturated rings. The van der Waals surface area contributed by atoms with E-state index in [0.717, 1.165) is 11.1 Å². The first-order valence-electron chi connectivity index (χ1n) is 5.85. The first-order chi connectivity index (χ1) is 9.08. The quantitative estimate of drug-likeness (QED) is 0.914. The molecule has 0 spiro atoms. The minimum absolute atomic E-state index is 0.191. The highest BCUT2D eigenvalue weighted by atomic mass is 79.9. The van der Waals surface area contributed by atoms with Crippen molar-refractivity contribution in [2.75, 3.05) is 0 Å². The third-order valence-electron chi connectivity index (χ3n) is 2.73. The summed E-state index contributed by atoms with van der Waals surface area (Å²) in [5.74, 6) is -0.740. The molecule has 0 saturated carbocycles. The Kier molecular flexibility index (Phi) is 4.32. The van der Waals surface area contributed by atoms with Gasteiger partial charge in [-0.05, 0) is 40.5 Å². The fraction of sp³-hybridized carbons (Fsp3) is 0.133. The van der Waals surface area contributed by atoms with E-state index in [1.165, 1.54) is 12.1 Å². The number of benzene rings is 2. The van der Waals surface area contributed by atoms with E-state index in [2.05, 4.69) is 21.2 Å². The molecule has 2 aromatic carbocycles. The third kappa shape index (κ3) is 3.41. The van der Waals surface area contributed by atoms with Gasteiger partial charge in [0.05, 0.1) is 10.0 Å². The van der Waals surface area contributed by atoms with Gasteiger partial charge in [0.2, 0.25) is 0 Å². The molecule has 0 radical (unpaired) electrons. The monoisotopic (exact) mass is 321 g/mol. The molecule has 0 bridgehead atoms. The second kappa shape index (κ2) is 5.97. The Morgan fingerprint density at radius 1 is 1.26 bits per heavy atom. The van der Waals surface area contributed by atoms with Gasteiger partial charge in [0.1, 0.15) is 5.82 Å². The Labute approximate surface area is 119 Å². The molecule has 1 N–H and O–H groups in total. The molecule has 0 saturated heterocycles. The second-order valence-corrected chi connectivity index (χ2v) is 5.07. The van der Waals surface area contributed by atoms with Crippen LogP contribution in [0.3, 0.4) is 0 Å². The van der Waals surface area contributed by atoms with Crippen LogP contribution < -0.4 is 5.32 Å². The number of carbonyl (C=O) groups is 1. The molecule has 4 heteroatoms. The Morgan fingerprint density at radius 2 is 2.00 bits per heavy atom. The van der Waals surface area contributed by atoms with Crippen molar-refractivity contribution in [3.05, 3.63) is 69.4 Å². The fourth-order valence-electron chi connectivity index (χ4n) is 1.78. The van der Waals surface area contributed by atoms with Crippen LogP contribution in [0.1, 0.15) is 21.5 Å². The lowest BCUT2D eigenvalue weighted by molar-refractivity contribution is 0.0949. The molecule has 0 heterocycles. The Balaban J connectivity index is 2.08. The van der Waals surface area contributed by atoms with Crippen LogP contribution >= 0.6 is 15.9 Å². The molecule has 2 aromatic rings. The molecular formula is C15H13BrFNO. The average molecular weight is 322 g/mol. The van der Waals surface area contributed by atoms with Gasteiger partial charge in [-0.3, -0.25) is 4.79 Å². The number of hydrogen-bond donors (Lipinski definition) is 1. The van der Waals surface area contributed by atoms with Crippen LogP contribution in [0, 0.1) is 12.7 Å². The van der Waals surface area contributed by atoms with Crippen molar-refractivity contribution >= 4 is 21.8 Å². The van der Waals surface area contributed by atoms with E-state index in [-0.39, 0.29) is 10.4 Å². The molecule has 1 amide bonds. The van der Waals surface area contributed by atoms with Crippen LogP contribution in [-0.2, 0) is 6.54 Å². The van der Waals surface area contributed by atoms with Crippen molar-refractivity contribution in [1.29, 1.82) is 0 Å². The van der Waals surface area contributed by atoms with Gasteiger partial charge in [0, 0.05) is 6.54 Å². The topological polar surface area (TPSA) is 29.1 Å². The number of aryl methyl sites for hydroxylation is 1. The highest BCUT2D eigenvalue weighted by Crippen LogP contribution is 2.20. The minimum atomic E-state index is -0.441. The number of rotatable bonds is 3. The smallest absolute Gasteiger partial charge is 0.252 e. The molecule has 2 nitrogen and oxygen atoms in total. The average Bonchev–Trinajstić information content (AvgIpc) is 2.39. The maximum absolute atomic E-state index is 13.3. The predicted octanol–water partition coefficient (Wildman–Crippen LogP) is 3.83. The Morgan fingerprint density at radius 3 is 2.74 bits per heavy atom. The van der Waals surface area contributed by atoms with Gasteiger partial charge >= 0.3 is 0 Å². The van der Waals surface area contributed by atoms with Gasteiger partial charge in [-0.25, -0.2) is 4.39 Å². The van der Waals surface area contributed by atoms with E-state index in [0.29, 0.717) is 12.1 Å². The zero-order chi connectivity index (χ0) is 13.8. The van der Waals surface area contributed by atoms with E-state index in [9.17, 15) is 9.18 Å². The lowest BCUT2D eigenvalue weighted by Gasteiger charge is -2.08. The zero-order valence-electron chi connectivity index (χ0n) is 10.4. The number of amides is 1. The van der Waals surface area contributed by atoms with E-state index >= 15 is 0 Å². The maximum Gasteiger partial charge on any atom is 0.252 e. The summed E-state index contributed by atoms with van der Waals surface area (Å²) in [7, 11) is 0. The molecule has 0 aromatic heterocycles. The van der Waals surface area contributed by atoms with Crippen LogP contribution in [0.2, 0.25) is 0 Å². The summed E-state index contributed by atoms with van der Waals surface area (Å²) in [5, 5.41) is 2.77. The first-order valence-corrected chi connectivity index (χ1v) is 6.65. The molecule has 0 aliphatic heterocycles. The summed E-state index contributed by atoms with van der Waals surface area (Å²) in [6.07, 6.45) is 0. The molecular weight excluding hydrogens is 309 g/mol. The van der Waals surface area contributed by atoms with E-state index < -0.39 is 5.82 Å².